The summed E-state index contributed by atoms with van der Waals surface area (Å²) in [5, 5.41) is 0. The van der Waals surface area contributed by atoms with Crippen molar-refractivity contribution in [3.63, 3.8) is 0 Å². The third kappa shape index (κ3) is 4.05. The number of benzene rings is 2. The molecule has 1 heterocycles. The number of hydrogen-bond donors (Lipinski definition) is 0. The van der Waals surface area contributed by atoms with E-state index in [9.17, 15) is 0 Å². The van der Waals surface area contributed by atoms with E-state index in [1.165, 1.54) is 12.8 Å². The molecule has 0 aliphatic heterocycles. The number of ether oxygens (including phenoxy) is 3. The van der Waals surface area contributed by atoms with E-state index in [1.54, 1.807) is 14.2 Å². The highest BCUT2D eigenvalue weighted by molar-refractivity contribution is 5.81. The van der Waals surface area contributed by atoms with Crippen LogP contribution in [-0.4, -0.2) is 25.8 Å². The summed E-state index contributed by atoms with van der Waals surface area (Å²) in [5.74, 6) is 3.17. The van der Waals surface area contributed by atoms with Gasteiger partial charge in [0.2, 0.25) is 0 Å². The normalized spacial score (nSPS) is 13.3. The third-order valence-electron chi connectivity index (χ3n) is 4.81. The molecule has 0 amide bonds. The summed E-state index contributed by atoms with van der Waals surface area (Å²) < 4.78 is 16.5. The molecule has 0 radical (unpaired) electrons. The summed E-state index contributed by atoms with van der Waals surface area (Å²) in [6.07, 6.45) is 4.35. The largest absolute Gasteiger partial charge is 0.497 e. The minimum absolute atomic E-state index is 0.704. The molecule has 0 saturated heterocycles. The first-order valence-corrected chi connectivity index (χ1v) is 9.18. The molecule has 27 heavy (non-hydrogen) atoms. The van der Waals surface area contributed by atoms with Gasteiger partial charge in [-0.25, -0.2) is 0 Å². The molecule has 4 nitrogen and oxygen atoms in total. The molecule has 0 bridgehead atoms. The lowest BCUT2D eigenvalue weighted by atomic mass is 9.99. The van der Waals surface area contributed by atoms with E-state index in [0.29, 0.717) is 5.92 Å². The summed E-state index contributed by atoms with van der Waals surface area (Å²) in [6, 6.07) is 18.1. The van der Waals surface area contributed by atoms with Crippen LogP contribution in [0.3, 0.4) is 0 Å². The van der Waals surface area contributed by atoms with Crippen LogP contribution in [0.15, 0.2) is 60.8 Å². The molecule has 0 unspecified atom stereocenters. The van der Waals surface area contributed by atoms with Gasteiger partial charge < -0.3 is 14.2 Å². The molecule has 1 aromatic heterocycles. The first-order valence-electron chi connectivity index (χ1n) is 9.18. The third-order valence-corrected chi connectivity index (χ3v) is 4.81. The first-order chi connectivity index (χ1) is 13.3. The number of nitrogens with zero attached hydrogens (tertiary/aromatic N) is 1. The van der Waals surface area contributed by atoms with Gasteiger partial charge in [0.25, 0.3) is 0 Å². The number of aromatic nitrogens is 1. The van der Waals surface area contributed by atoms with Crippen molar-refractivity contribution in [1.82, 2.24) is 4.98 Å². The van der Waals surface area contributed by atoms with Crippen LogP contribution in [-0.2, 0) is 0 Å². The van der Waals surface area contributed by atoms with E-state index in [4.69, 9.17) is 19.2 Å². The Hall–Kier alpha value is -3.01. The minimum Gasteiger partial charge on any atom is -0.497 e. The second-order valence-electron chi connectivity index (χ2n) is 6.78. The maximum absolute atomic E-state index is 5.96. The zero-order chi connectivity index (χ0) is 18.6. The lowest BCUT2D eigenvalue weighted by molar-refractivity contribution is 0.299. The Morgan fingerprint density at radius 2 is 1.41 bits per heavy atom. The second kappa shape index (κ2) is 7.70. The number of methoxy groups -OCH3 is 2. The Labute approximate surface area is 159 Å². The predicted molar refractivity (Wildman–Crippen MR) is 106 cm³/mol. The maximum Gasteiger partial charge on any atom is 0.138 e. The molecule has 1 aliphatic rings. The van der Waals surface area contributed by atoms with Crippen molar-refractivity contribution in [2.45, 2.75) is 12.8 Å². The molecule has 0 spiro atoms. The van der Waals surface area contributed by atoms with Crippen LogP contribution in [0, 0.1) is 5.92 Å². The molecule has 3 aromatic rings. The van der Waals surface area contributed by atoms with E-state index in [1.807, 2.05) is 54.7 Å². The van der Waals surface area contributed by atoms with Crippen molar-refractivity contribution in [1.29, 1.82) is 0 Å². The average Bonchev–Trinajstić information content (AvgIpc) is 3.57. The highest BCUT2D eigenvalue weighted by Crippen LogP contribution is 2.35. The van der Waals surface area contributed by atoms with Crippen LogP contribution in [0.1, 0.15) is 12.8 Å². The summed E-state index contributed by atoms with van der Waals surface area (Å²) in [7, 11) is 3.34. The van der Waals surface area contributed by atoms with Crippen LogP contribution in [0.2, 0.25) is 0 Å². The van der Waals surface area contributed by atoms with Crippen molar-refractivity contribution >= 4 is 0 Å². The average molecular weight is 361 g/mol. The van der Waals surface area contributed by atoms with Gasteiger partial charge in [0.05, 0.1) is 32.7 Å². The van der Waals surface area contributed by atoms with Gasteiger partial charge in [0.1, 0.15) is 17.2 Å². The van der Waals surface area contributed by atoms with Crippen molar-refractivity contribution in [3.05, 3.63) is 60.8 Å². The number of hydrogen-bond acceptors (Lipinski definition) is 4. The Bertz CT molecular complexity index is 900. The van der Waals surface area contributed by atoms with Gasteiger partial charge in [-0.05, 0) is 66.8 Å². The Balaban J connectivity index is 1.72. The fraction of sp³-hybridized carbons (Fsp3) is 0.261. The highest BCUT2D eigenvalue weighted by Gasteiger charge is 2.22. The summed E-state index contributed by atoms with van der Waals surface area (Å²) in [5.41, 5.74) is 4.07. The molecule has 0 N–H and O–H groups in total. The van der Waals surface area contributed by atoms with Crippen LogP contribution in [0.4, 0.5) is 0 Å². The zero-order valence-electron chi connectivity index (χ0n) is 15.6. The van der Waals surface area contributed by atoms with Gasteiger partial charge in [-0.1, -0.05) is 12.1 Å². The smallest absolute Gasteiger partial charge is 0.138 e. The highest BCUT2D eigenvalue weighted by atomic mass is 16.5. The van der Waals surface area contributed by atoms with Gasteiger partial charge in [-0.3, -0.25) is 4.98 Å². The van der Waals surface area contributed by atoms with Crippen LogP contribution in [0.25, 0.3) is 22.4 Å². The Kier molecular flexibility index (Phi) is 4.97. The molecule has 4 heteroatoms. The van der Waals surface area contributed by atoms with E-state index in [2.05, 4.69) is 6.07 Å². The molecule has 1 fully saturated rings. The molecule has 1 aliphatic carbocycles. The number of pyridine rings is 1. The number of rotatable bonds is 7. The molecular weight excluding hydrogens is 338 g/mol. The van der Waals surface area contributed by atoms with Crippen molar-refractivity contribution in [2.75, 3.05) is 20.8 Å². The van der Waals surface area contributed by atoms with Gasteiger partial charge in [0, 0.05) is 11.1 Å². The van der Waals surface area contributed by atoms with Gasteiger partial charge in [-0.15, -0.1) is 0 Å². The predicted octanol–water partition coefficient (Wildman–Crippen LogP) is 5.22. The maximum atomic E-state index is 5.96. The van der Waals surface area contributed by atoms with E-state index in [0.717, 1.165) is 46.2 Å². The quantitative estimate of drug-likeness (QED) is 0.578. The summed E-state index contributed by atoms with van der Waals surface area (Å²) in [6.45, 7) is 0.769. The Morgan fingerprint density at radius 3 is 1.96 bits per heavy atom. The van der Waals surface area contributed by atoms with Crippen molar-refractivity contribution in [2.24, 2.45) is 5.92 Å². The lowest BCUT2D eigenvalue weighted by Crippen LogP contribution is -2.00. The van der Waals surface area contributed by atoms with Gasteiger partial charge >= 0.3 is 0 Å². The molecule has 2 aromatic carbocycles. The molecule has 0 atom stereocenters. The standard InChI is InChI=1S/C23H23NO3/c1-25-19-9-5-17(6-10-19)22-13-21(27-15-16-3-4-16)14-24-23(22)18-7-11-20(26-2)12-8-18/h5-14,16H,3-4,15H2,1-2H3. The van der Waals surface area contributed by atoms with Crippen molar-refractivity contribution < 1.29 is 14.2 Å². The molecular formula is C23H23NO3. The molecule has 4 rings (SSSR count). The van der Waals surface area contributed by atoms with Crippen LogP contribution in [0.5, 0.6) is 17.2 Å². The van der Waals surface area contributed by atoms with Crippen LogP contribution < -0.4 is 14.2 Å². The van der Waals surface area contributed by atoms with Crippen molar-refractivity contribution in [3.8, 4) is 39.6 Å². The molecule has 138 valence electrons. The first kappa shape index (κ1) is 17.4. The zero-order valence-corrected chi connectivity index (χ0v) is 15.6. The summed E-state index contributed by atoms with van der Waals surface area (Å²) in [4.78, 5) is 4.72. The minimum atomic E-state index is 0.704. The lowest BCUT2D eigenvalue weighted by Gasteiger charge is -2.13. The SMILES string of the molecule is COc1ccc(-c2cc(OCC3CC3)cnc2-c2ccc(OC)cc2)cc1. The second-order valence-corrected chi connectivity index (χ2v) is 6.78. The monoisotopic (exact) mass is 361 g/mol. The Morgan fingerprint density at radius 1 is 0.815 bits per heavy atom. The fourth-order valence-corrected chi connectivity index (χ4v) is 2.99. The molecule has 1 saturated carbocycles. The van der Waals surface area contributed by atoms with Gasteiger partial charge in [0.15, 0.2) is 0 Å². The van der Waals surface area contributed by atoms with Gasteiger partial charge in [-0.2, -0.15) is 0 Å². The van der Waals surface area contributed by atoms with E-state index < -0.39 is 0 Å². The summed E-state index contributed by atoms with van der Waals surface area (Å²) >= 11 is 0. The van der Waals surface area contributed by atoms with E-state index in [-0.39, 0.29) is 0 Å². The van der Waals surface area contributed by atoms with Crippen LogP contribution >= 0.6 is 0 Å². The topological polar surface area (TPSA) is 40.6 Å². The fourth-order valence-electron chi connectivity index (χ4n) is 2.99. The van der Waals surface area contributed by atoms with E-state index >= 15 is 0 Å².